The number of nitrogens with zero attached hydrogens (tertiary/aromatic N) is 2. The molecule has 2 aromatic heterocycles. The Kier molecular flexibility index (Phi) is 5.80. The zero-order valence-corrected chi connectivity index (χ0v) is 20.0. The van der Waals surface area contributed by atoms with Crippen molar-refractivity contribution in [1.82, 2.24) is 9.36 Å². The molecule has 2 aromatic carbocycles. The summed E-state index contributed by atoms with van der Waals surface area (Å²) in [6.45, 7) is 3.23. The first kappa shape index (κ1) is 22.7. The molecule has 0 radical (unpaired) electrons. The zero-order chi connectivity index (χ0) is 24.7. The molecule has 2 heterocycles. The number of carbonyl (C=O) groups excluding carboxylic acids is 2. The number of hydrogen-bond donors (Lipinski definition) is 1. The van der Waals surface area contributed by atoms with Crippen molar-refractivity contribution >= 4 is 28.5 Å². The highest BCUT2D eigenvalue weighted by atomic mass is 16.5. The first-order valence-electron chi connectivity index (χ1n) is 11.7. The van der Waals surface area contributed by atoms with Gasteiger partial charge in [-0.1, -0.05) is 18.2 Å². The second-order valence-corrected chi connectivity index (χ2v) is 8.97. The maximum Gasteiger partial charge on any atom is 0.311 e. The molecule has 1 N–H and O–H groups in total. The topological polar surface area (TPSA) is 95.5 Å². The van der Waals surface area contributed by atoms with Crippen LogP contribution >= 0.6 is 0 Å². The van der Waals surface area contributed by atoms with Gasteiger partial charge < -0.3 is 14.5 Å². The monoisotopic (exact) mass is 473 g/mol. The number of hydrogen-bond acceptors (Lipinski definition) is 5. The zero-order valence-electron chi connectivity index (χ0n) is 20.0. The maximum atomic E-state index is 13.0. The number of furan rings is 1. The Morgan fingerprint density at radius 3 is 2.60 bits per heavy atom. The molecule has 1 atom stereocenters. The largest absolute Gasteiger partial charge is 0.464 e. The Balaban J connectivity index is 1.28. The van der Waals surface area contributed by atoms with Crippen molar-refractivity contribution in [2.24, 2.45) is 7.05 Å². The van der Waals surface area contributed by atoms with Crippen molar-refractivity contribution in [2.75, 3.05) is 5.32 Å². The molecule has 0 aliphatic heterocycles. The third kappa shape index (κ3) is 4.16. The molecule has 0 spiro atoms. The van der Waals surface area contributed by atoms with Crippen molar-refractivity contribution in [2.45, 2.75) is 45.6 Å². The van der Waals surface area contributed by atoms with Gasteiger partial charge in [0.1, 0.15) is 11.3 Å². The summed E-state index contributed by atoms with van der Waals surface area (Å²) in [4.78, 5) is 38.4. The van der Waals surface area contributed by atoms with E-state index in [4.69, 9.17) is 9.15 Å². The molecule has 8 nitrogen and oxygen atoms in total. The Morgan fingerprint density at radius 2 is 1.86 bits per heavy atom. The summed E-state index contributed by atoms with van der Waals surface area (Å²) in [5.74, 6) is -1.11. The van der Waals surface area contributed by atoms with Crippen molar-refractivity contribution in [3.8, 4) is 5.69 Å². The van der Waals surface area contributed by atoms with Crippen LogP contribution in [0.4, 0.5) is 5.69 Å². The van der Waals surface area contributed by atoms with Crippen molar-refractivity contribution in [3.63, 3.8) is 0 Å². The summed E-state index contributed by atoms with van der Waals surface area (Å²) < 4.78 is 14.2. The molecule has 180 valence electrons. The fraction of sp³-hybridized carbons (Fsp3) is 0.296. The van der Waals surface area contributed by atoms with Crippen LogP contribution in [-0.2, 0) is 40.6 Å². The summed E-state index contributed by atoms with van der Waals surface area (Å²) in [6.07, 6.45) is 3.70. The minimum atomic E-state index is -1.07. The molecule has 0 bridgehead atoms. The number of fused-ring (bicyclic) bond motifs is 2. The summed E-state index contributed by atoms with van der Waals surface area (Å²) in [5, 5.41) is 3.55. The standard InChI is InChI=1S/C27H27N3O5/c1-16-25(27(33)30(29(16)3)21-10-5-4-6-11-21)28-26(32)17(2)35-24(31)14-20-15-34-23-13-19-9-7-8-18(19)12-22(20)23/h4-6,10-13,15,17H,7-9,14H2,1-3H3,(H,28,32)/t17-/m1/s1. The predicted molar refractivity (Wildman–Crippen MR) is 132 cm³/mol. The van der Waals surface area contributed by atoms with Crippen LogP contribution in [-0.4, -0.2) is 27.3 Å². The fourth-order valence-corrected chi connectivity index (χ4v) is 4.67. The SMILES string of the molecule is Cc1c(NC(=O)[C@@H](C)OC(=O)Cc2coc3cc4c(cc23)CCC4)c(=O)n(-c2ccccc2)n1C. The molecule has 1 amide bonds. The van der Waals surface area contributed by atoms with E-state index in [0.717, 1.165) is 35.8 Å². The Labute approximate surface area is 202 Å². The Bertz CT molecular complexity index is 1490. The van der Waals surface area contributed by atoms with E-state index >= 15 is 0 Å². The van der Waals surface area contributed by atoms with E-state index in [-0.39, 0.29) is 17.7 Å². The summed E-state index contributed by atoms with van der Waals surface area (Å²) in [6, 6.07) is 13.3. The Hall–Kier alpha value is -4.07. The number of aryl methyl sites for hydroxylation is 2. The number of carbonyl (C=O) groups is 2. The van der Waals surface area contributed by atoms with Gasteiger partial charge in [-0.05, 0) is 68.5 Å². The normalized spacial score (nSPS) is 13.6. The Morgan fingerprint density at radius 1 is 1.14 bits per heavy atom. The average Bonchev–Trinajstić information content (AvgIpc) is 3.52. The van der Waals surface area contributed by atoms with Crippen LogP contribution in [0.1, 0.15) is 35.7 Å². The van der Waals surface area contributed by atoms with E-state index in [1.807, 2.05) is 36.4 Å². The van der Waals surface area contributed by atoms with E-state index in [1.54, 1.807) is 24.9 Å². The first-order valence-corrected chi connectivity index (χ1v) is 11.7. The van der Waals surface area contributed by atoms with Crippen LogP contribution in [0.2, 0.25) is 0 Å². The third-order valence-electron chi connectivity index (χ3n) is 6.68. The molecule has 0 fully saturated rings. The number of aromatic nitrogens is 2. The summed E-state index contributed by atoms with van der Waals surface area (Å²) in [5.41, 5.74) is 5.14. The predicted octanol–water partition coefficient (Wildman–Crippen LogP) is 3.83. The molecule has 1 aliphatic rings. The van der Waals surface area contributed by atoms with Gasteiger partial charge in [-0.3, -0.25) is 19.1 Å². The number of nitrogens with one attached hydrogen (secondary N) is 1. The van der Waals surface area contributed by atoms with Crippen LogP contribution in [0.5, 0.6) is 0 Å². The molecule has 5 rings (SSSR count). The number of amides is 1. The molecule has 35 heavy (non-hydrogen) atoms. The van der Waals surface area contributed by atoms with Crippen LogP contribution in [0.25, 0.3) is 16.7 Å². The van der Waals surface area contributed by atoms with Gasteiger partial charge in [0.05, 0.1) is 24.1 Å². The molecule has 4 aromatic rings. The minimum Gasteiger partial charge on any atom is -0.464 e. The highest BCUT2D eigenvalue weighted by Crippen LogP contribution is 2.30. The van der Waals surface area contributed by atoms with Crippen LogP contribution in [0, 0.1) is 6.92 Å². The molecule has 0 saturated carbocycles. The molecule has 8 heteroatoms. The summed E-state index contributed by atoms with van der Waals surface area (Å²) in [7, 11) is 1.74. The van der Waals surface area contributed by atoms with E-state index in [9.17, 15) is 14.4 Å². The fourth-order valence-electron chi connectivity index (χ4n) is 4.67. The van der Waals surface area contributed by atoms with Gasteiger partial charge in [-0.2, -0.15) is 0 Å². The van der Waals surface area contributed by atoms with Gasteiger partial charge in [-0.15, -0.1) is 0 Å². The van der Waals surface area contributed by atoms with E-state index in [0.29, 0.717) is 11.4 Å². The van der Waals surface area contributed by atoms with E-state index < -0.39 is 18.0 Å². The van der Waals surface area contributed by atoms with Crippen molar-refractivity contribution in [3.05, 3.63) is 81.5 Å². The molecule has 0 saturated heterocycles. The van der Waals surface area contributed by atoms with Crippen LogP contribution in [0.3, 0.4) is 0 Å². The second-order valence-electron chi connectivity index (χ2n) is 8.97. The van der Waals surface area contributed by atoms with Gasteiger partial charge in [0.15, 0.2) is 6.10 Å². The highest BCUT2D eigenvalue weighted by Gasteiger charge is 2.24. The van der Waals surface area contributed by atoms with Crippen molar-refractivity contribution < 1.29 is 18.7 Å². The van der Waals surface area contributed by atoms with Gasteiger partial charge in [-0.25, -0.2) is 4.68 Å². The first-order chi connectivity index (χ1) is 16.8. The van der Waals surface area contributed by atoms with Gasteiger partial charge in [0.25, 0.3) is 11.5 Å². The van der Waals surface area contributed by atoms with Crippen LogP contribution in [0.15, 0.2) is 57.9 Å². The number of benzene rings is 2. The third-order valence-corrected chi connectivity index (χ3v) is 6.68. The molecule has 0 unspecified atom stereocenters. The lowest BCUT2D eigenvalue weighted by molar-refractivity contribution is -0.152. The second kappa shape index (κ2) is 8.94. The molecule has 1 aliphatic carbocycles. The van der Waals surface area contributed by atoms with E-state index in [1.165, 1.54) is 22.7 Å². The minimum absolute atomic E-state index is 0.00537. The number of esters is 1. The molecular weight excluding hydrogens is 446 g/mol. The van der Waals surface area contributed by atoms with E-state index in [2.05, 4.69) is 11.4 Å². The summed E-state index contributed by atoms with van der Waals surface area (Å²) >= 11 is 0. The number of rotatable bonds is 6. The lowest BCUT2D eigenvalue weighted by atomic mass is 10.0. The van der Waals surface area contributed by atoms with Crippen molar-refractivity contribution in [1.29, 1.82) is 0 Å². The number of ether oxygens (including phenoxy) is 1. The van der Waals surface area contributed by atoms with Gasteiger partial charge in [0, 0.05) is 18.0 Å². The van der Waals surface area contributed by atoms with Gasteiger partial charge >= 0.3 is 5.97 Å². The highest BCUT2D eigenvalue weighted by molar-refractivity contribution is 5.96. The van der Waals surface area contributed by atoms with Gasteiger partial charge in [0.2, 0.25) is 0 Å². The lowest BCUT2D eigenvalue weighted by Crippen LogP contribution is -2.32. The van der Waals surface area contributed by atoms with Crippen LogP contribution < -0.4 is 10.9 Å². The smallest absolute Gasteiger partial charge is 0.311 e. The lowest BCUT2D eigenvalue weighted by Gasteiger charge is -2.13. The number of para-hydroxylation sites is 1. The maximum absolute atomic E-state index is 13.0. The molecular formula is C27H27N3O5. The average molecular weight is 474 g/mol. The number of anilines is 1. The quantitative estimate of drug-likeness (QED) is 0.430.